The van der Waals surface area contributed by atoms with Crippen molar-refractivity contribution in [2.75, 3.05) is 20.3 Å². The van der Waals surface area contributed by atoms with E-state index in [9.17, 15) is 9.59 Å². The molecule has 0 aliphatic heterocycles. The SMILES string of the molecule is COc1cc(C)c(OCCOC2CCC2C(=O)O)cc1-c1cc(=O)c2cccc(Cl)c2o1. The number of carbonyl (C=O) groups is 1. The number of carboxylic acid groups (broad SMARTS) is 1. The first-order valence-corrected chi connectivity index (χ1v) is 10.7. The van der Waals surface area contributed by atoms with Crippen molar-refractivity contribution in [1.82, 2.24) is 0 Å². The van der Waals surface area contributed by atoms with Gasteiger partial charge in [-0.05, 0) is 49.6 Å². The van der Waals surface area contributed by atoms with E-state index in [1.165, 1.54) is 13.2 Å². The van der Waals surface area contributed by atoms with Crippen LogP contribution in [0.15, 0.2) is 45.6 Å². The number of carboxylic acids is 1. The van der Waals surface area contributed by atoms with E-state index in [0.29, 0.717) is 45.2 Å². The number of hydrogen-bond acceptors (Lipinski definition) is 6. The molecule has 2 aromatic carbocycles. The Morgan fingerprint density at radius 1 is 1.19 bits per heavy atom. The van der Waals surface area contributed by atoms with Crippen molar-refractivity contribution in [2.45, 2.75) is 25.9 Å². The van der Waals surface area contributed by atoms with E-state index in [2.05, 4.69) is 0 Å². The summed E-state index contributed by atoms with van der Waals surface area (Å²) in [5, 5.41) is 9.85. The fraction of sp³-hybridized carbons (Fsp3) is 0.333. The summed E-state index contributed by atoms with van der Waals surface area (Å²) in [6.45, 7) is 2.40. The van der Waals surface area contributed by atoms with Crippen LogP contribution in [-0.2, 0) is 9.53 Å². The van der Waals surface area contributed by atoms with E-state index in [1.807, 2.05) is 6.92 Å². The molecule has 0 spiro atoms. The number of para-hydroxylation sites is 1. The van der Waals surface area contributed by atoms with Gasteiger partial charge >= 0.3 is 5.97 Å². The summed E-state index contributed by atoms with van der Waals surface area (Å²) < 4.78 is 23.0. The van der Waals surface area contributed by atoms with Crippen molar-refractivity contribution in [3.63, 3.8) is 0 Å². The number of aryl methyl sites for hydroxylation is 1. The Balaban J connectivity index is 1.56. The van der Waals surface area contributed by atoms with Crippen molar-refractivity contribution in [3.8, 4) is 22.8 Å². The minimum absolute atomic E-state index is 0.212. The van der Waals surface area contributed by atoms with Gasteiger partial charge in [0.05, 0.1) is 41.7 Å². The summed E-state index contributed by atoms with van der Waals surface area (Å²) in [7, 11) is 1.54. The quantitative estimate of drug-likeness (QED) is 0.489. The zero-order valence-electron chi connectivity index (χ0n) is 17.7. The van der Waals surface area contributed by atoms with Crippen LogP contribution in [0.25, 0.3) is 22.3 Å². The molecule has 1 aliphatic carbocycles. The fourth-order valence-electron chi connectivity index (χ4n) is 3.76. The normalized spacial score (nSPS) is 17.7. The molecule has 1 fully saturated rings. The van der Waals surface area contributed by atoms with Gasteiger partial charge in [0.25, 0.3) is 0 Å². The lowest BCUT2D eigenvalue weighted by Gasteiger charge is -2.33. The van der Waals surface area contributed by atoms with Crippen LogP contribution >= 0.6 is 11.6 Å². The Labute approximate surface area is 189 Å². The van der Waals surface area contributed by atoms with Crippen LogP contribution in [0.2, 0.25) is 5.02 Å². The molecule has 32 heavy (non-hydrogen) atoms. The predicted octanol–water partition coefficient (Wildman–Crippen LogP) is 4.69. The van der Waals surface area contributed by atoms with Gasteiger partial charge < -0.3 is 23.7 Å². The van der Waals surface area contributed by atoms with Gasteiger partial charge in [0.2, 0.25) is 0 Å². The van der Waals surface area contributed by atoms with E-state index < -0.39 is 11.9 Å². The lowest BCUT2D eigenvalue weighted by molar-refractivity contribution is -0.156. The molecule has 1 aliphatic rings. The molecule has 3 aromatic rings. The van der Waals surface area contributed by atoms with Gasteiger partial charge in [-0.2, -0.15) is 0 Å². The number of benzene rings is 2. The smallest absolute Gasteiger partial charge is 0.309 e. The lowest BCUT2D eigenvalue weighted by atomic mass is 9.82. The van der Waals surface area contributed by atoms with Crippen molar-refractivity contribution < 1.29 is 28.5 Å². The highest BCUT2D eigenvalue weighted by Gasteiger charge is 2.37. The number of ether oxygens (including phenoxy) is 3. The third-order valence-corrected chi connectivity index (χ3v) is 5.97. The average Bonchev–Trinajstić information content (AvgIpc) is 2.73. The molecule has 0 saturated heterocycles. The lowest BCUT2D eigenvalue weighted by Crippen LogP contribution is -2.40. The Morgan fingerprint density at radius 3 is 2.69 bits per heavy atom. The Morgan fingerprint density at radius 2 is 2.00 bits per heavy atom. The number of methoxy groups -OCH3 is 1. The molecule has 0 amide bonds. The summed E-state index contributed by atoms with van der Waals surface area (Å²) in [5.41, 5.74) is 1.48. The van der Waals surface area contributed by atoms with Crippen LogP contribution in [0, 0.1) is 12.8 Å². The number of fused-ring (bicyclic) bond motifs is 1. The van der Waals surface area contributed by atoms with Gasteiger partial charge in [0.1, 0.15) is 23.9 Å². The molecule has 4 rings (SSSR count). The summed E-state index contributed by atoms with van der Waals surface area (Å²) in [6, 6.07) is 9.97. The maximum atomic E-state index is 12.6. The first kappa shape index (κ1) is 22.2. The number of hydrogen-bond donors (Lipinski definition) is 1. The van der Waals surface area contributed by atoms with Crippen LogP contribution in [-0.4, -0.2) is 37.5 Å². The van der Waals surface area contributed by atoms with E-state index in [0.717, 1.165) is 12.0 Å². The van der Waals surface area contributed by atoms with Crippen LogP contribution in [0.3, 0.4) is 0 Å². The van der Waals surface area contributed by atoms with E-state index in [-0.39, 0.29) is 24.7 Å². The van der Waals surface area contributed by atoms with Gasteiger partial charge in [-0.1, -0.05) is 17.7 Å². The highest BCUT2D eigenvalue weighted by atomic mass is 35.5. The number of rotatable bonds is 8. The van der Waals surface area contributed by atoms with Crippen LogP contribution in [0.5, 0.6) is 11.5 Å². The van der Waals surface area contributed by atoms with Crippen LogP contribution < -0.4 is 14.9 Å². The third-order valence-electron chi connectivity index (χ3n) is 5.67. The predicted molar refractivity (Wildman–Crippen MR) is 120 cm³/mol. The monoisotopic (exact) mass is 458 g/mol. The van der Waals surface area contributed by atoms with E-state index in [4.69, 9.17) is 35.3 Å². The number of aliphatic carboxylic acids is 1. The second-order valence-electron chi connectivity index (χ2n) is 7.69. The Hall–Kier alpha value is -3.03. The molecular formula is C24H23ClO7. The summed E-state index contributed by atoms with van der Waals surface area (Å²) in [6.07, 6.45) is 1.12. The second kappa shape index (κ2) is 9.22. The van der Waals surface area contributed by atoms with Crippen molar-refractivity contribution >= 4 is 28.5 Å². The fourth-order valence-corrected chi connectivity index (χ4v) is 3.97. The molecular weight excluding hydrogens is 436 g/mol. The molecule has 168 valence electrons. The molecule has 8 heteroatoms. The van der Waals surface area contributed by atoms with E-state index >= 15 is 0 Å². The highest BCUT2D eigenvalue weighted by molar-refractivity contribution is 6.34. The first-order valence-electron chi connectivity index (χ1n) is 10.3. The zero-order valence-corrected chi connectivity index (χ0v) is 18.5. The molecule has 2 atom stereocenters. The van der Waals surface area contributed by atoms with Crippen molar-refractivity contribution in [2.24, 2.45) is 5.92 Å². The second-order valence-corrected chi connectivity index (χ2v) is 8.10. The molecule has 1 aromatic heterocycles. The van der Waals surface area contributed by atoms with Crippen LogP contribution in [0.1, 0.15) is 18.4 Å². The molecule has 1 saturated carbocycles. The topological polar surface area (TPSA) is 95.2 Å². The van der Waals surface area contributed by atoms with Gasteiger partial charge in [0.15, 0.2) is 11.0 Å². The van der Waals surface area contributed by atoms with Gasteiger partial charge in [0, 0.05) is 6.07 Å². The van der Waals surface area contributed by atoms with Crippen LogP contribution in [0.4, 0.5) is 0 Å². The Kier molecular flexibility index (Phi) is 6.39. The third kappa shape index (κ3) is 4.31. The summed E-state index contributed by atoms with van der Waals surface area (Å²) >= 11 is 6.24. The minimum atomic E-state index is -0.824. The maximum absolute atomic E-state index is 12.6. The summed E-state index contributed by atoms with van der Waals surface area (Å²) in [5.74, 6) is 0.156. The van der Waals surface area contributed by atoms with Gasteiger partial charge in [-0.25, -0.2) is 0 Å². The largest absolute Gasteiger partial charge is 0.496 e. The number of halogens is 1. The first-order chi connectivity index (χ1) is 15.4. The Bertz CT molecular complexity index is 1220. The highest BCUT2D eigenvalue weighted by Crippen LogP contribution is 2.37. The van der Waals surface area contributed by atoms with Gasteiger partial charge in [-0.3, -0.25) is 9.59 Å². The standard InChI is InChI=1S/C24H23ClO7/c1-13-10-21(29-2)16(22-12-18(26)14-4-3-5-17(25)23(14)32-22)11-20(13)31-9-8-30-19-7-6-15(19)24(27)28/h3-5,10-12,15,19H,6-9H2,1-2H3,(H,27,28). The summed E-state index contributed by atoms with van der Waals surface area (Å²) in [4.78, 5) is 23.7. The zero-order chi connectivity index (χ0) is 22.8. The minimum Gasteiger partial charge on any atom is -0.496 e. The maximum Gasteiger partial charge on any atom is 0.309 e. The van der Waals surface area contributed by atoms with E-state index in [1.54, 1.807) is 30.3 Å². The molecule has 1 N–H and O–H groups in total. The molecule has 2 unspecified atom stereocenters. The van der Waals surface area contributed by atoms with Crippen molar-refractivity contribution in [1.29, 1.82) is 0 Å². The molecule has 7 nitrogen and oxygen atoms in total. The molecule has 1 heterocycles. The van der Waals surface area contributed by atoms with Crippen molar-refractivity contribution in [3.05, 3.63) is 57.2 Å². The van der Waals surface area contributed by atoms with Gasteiger partial charge in [-0.15, -0.1) is 0 Å². The average molecular weight is 459 g/mol. The molecule has 0 radical (unpaired) electrons. The molecule has 0 bridgehead atoms.